The van der Waals surface area contributed by atoms with E-state index in [2.05, 4.69) is 58.8 Å². The Balaban J connectivity index is 2.09. The first-order valence-electron chi connectivity index (χ1n) is 8.01. The van der Waals surface area contributed by atoms with Crippen molar-refractivity contribution in [1.82, 2.24) is 9.80 Å². The highest BCUT2D eigenvalue weighted by Gasteiger charge is 2.30. The molecule has 0 aliphatic carbocycles. The van der Waals surface area contributed by atoms with Crippen molar-refractivity contribution in [2.24, 2.45) is 5.73 Å². The van der Waals surface area contributed by atoms with Crippen LogP contribution >= 0.6 is 27.3 Å². The van der Waals surface area contributed by atoms with Gasteiger partial charge in [-0.05, 0) is 67.5 Å². The molecule has 1 aliphatic rings. The molecule has 1 aromatic heterocycles. The molecule has 2 heterocycles. The molecule has 120 valence electrons. The van der Waals surface area contributed by atoms with Crippen LogP contribution in [0.5, 0.6) is 0 Å². The minimum atomic E-state index is 0.192. The van der Waals surface area contributed by atoms with Gasteiger partial charge in [0, 0.05) is 23.5 Å². The van der Waals surface area contributed by atoms with Gasteiger partial charge in [-0.1, -0.05) is 13.8 Å². The number of nitrogens with zero attached hydrogens (tertiary/aromatic N) is 2. The Hall–Kier alpha value is 0.0600. The van der Waals surface area contributed by atoms with E-state index in [1.54, 1.807) is 0 Å². The summed E-state index contributed by atoms with van der Waals surface area (Å²) in [7, 11) is 2.24. The van der Waals surface area contributed by atoms with E-state index >= 15 is 0 Å². The van der Waals surface area contributed by atoms with E-state index in [-0.39, 0.29) is 6.04 Å². The van der Waals surface area contributed by atoms with Crippen LogP contribution in [0.25, 0.3) is 0 Å². The fourth-order valence-electron chi connectivity index (χ4n) is 3.43. The molecule has 1 fully saturated rings. The summed E-state index contributed by atoms with van der Waals surface area (Å²) in [6.07, 6.45) is 3.66. The fourth-order valence-corrected chi connectivity index (χ4v) is 5.10. The summed E-state index contributed by atoms with van der Waals surface area (Å²) >= 11 is 5.39. The minimum absolute atomic E-state index is 0.192. The maximum Gasteiger partial charge on any atom is 0.0702 e. The number of likely N-dealkylation sites (tertiary alicyclic amines) is 1. The number of rotatable bonds is 7. The predicted molar refractivity (Wildman–Crippen MR) is 95.9 cm³/mol. The molecule has 3 unspecified atom stereocenters. The summed E-state index contributed by atoms with van der Waals surface area (Å²) < 4.78 is 1.19. The summed E-state index contributed by atoms with van der Waals surface area (Å²) in [5.74, 6) is 0. The second-order valence-corrected chi connectivity index (χ2v) is 8.52. The van der Waals surface area contributed by atoms with E-state index in [9.17, 15) is 0 Å². The number of thiophene rings is 1. The highest BCUT2D eigenvalue weighted by molar-refractivity contribution is 9.11. The molecule has 21 heavy (non-hydrogen) atoms. The molecule has 1 aliphatic heterocycles. The third-order valence-corrected chi connectivity index (χ3v) is 6.34. The molecule has 3 nitrogen and oxygen atoms in total. The number of nitrogens with two attached hydrogens (primary N) is 1. The van der Waals surface area contributed by atoms with Crippen molar-refractivity contribution in [3.63, 3.8) is 0 Å². The van der Waals surface area contributed by atoms with Gasteiger partial charge < -0.3 is 5.73 Å². The zero-order valence-corrected chi connectivity index (χ0v) is 15.8. The predicted octanol–water partition coefficient (Wildman–Crippen LogP) is 3.71. The van der Waals surface area contributed by atoms with Crippen LogP contribution in [0, 0.1) is 0 Å². The molecule has 0 radical (unpaired) electrons. The molecule has 1 saturated heterocycles. The summed E-state index contributed by atoms with van der Waals surface area (Å²) in [6, 6.07) is 5.56. The Labute approximate surface area is 141 Å². The SMILES string of the molecule is CCC(N)C(c1ccc(Br)s1)N(C)CC1CCCN1CC. The van der Waals surface area contributed by atoms with Crippen molar-refractivity contribution in [3.05, 3.63) is 20.8 Å². The molecule has 0 bridgehead atoms. The molecular formula is C16H28BrN3S. The van der Waals surface area contributed by atoms with Crippen LogP contribution in [0.3, 0.4) is 0 Å². The van der Waals surface area contributed by atoms with Crippen molar-refractivity contribution >= 4 is 27.3 Å². The second kappa shape index (κ2) is 8.06. The lowest BCUT2D eigenvalue weighted by molar-refractivity contribution is 0.149. The van der Waals surface area contributed by atoms with Gasteiger partial charge in [-0.25, -0.2) is 0 Å². The number of likely N-dealkylation sites (N-methyl/N-ethyl adjacent to an activating group) is 2. The average molecular weight is 374 g/mol. The van der Waals surface area contributed by atoms with E-state index < -0.39 is 0 Å². The lowest BCUT2D eigenvalue weighted by atomic mass is 10.0. The summed E-state index contributed by atoms with van der Waals surface area (Å²) in [5, 5.41) is 0. The number of halogens is 1. The largest absolute Gasteiger partial charge is 0.326 e. The highest BCUT2D eigenvalue weighted by atomic mass is 79.9. The van der Waals surface area contributed by atoms with Crippen LogP contribution in [0.4, 0.5) is 0 Å². The highest BCUT2D eigenvalue weighted by Crippen LogP contribution is 2.33. The van der Waals surface area contributed by atoms with Gasteiger partial charge in [-0.2, -0.15) is 0 Å². The molecule has 3 atom stereocenters. The van der Waals surface area contributed by atoms with Gasteiger partial charge >= 0.3 is 0 Å². The minimum Gasteiger partial charge on any atom is -0.326 e. The van der Waals surface area contributed by atoms with Crippen LogP contribution in [0.1, 0.15) is 44.0 Å². The average Bonchev–Trinajstić information content (AvgIpc) is 3.08. The Morgan fingerprint density at radius 2 is 2.24 bits per heavy atom. The van der Waals surface area contributed by atoms with E-state index in [4.69, 9.17) is 5.73 Å². The van der Waals surface area contributed by atoms with E-state index in [0.717, 1.165) is 19.5 Å². The zero-order valence-electron chi connectivity index (χ0n) is 13.4. The van der Waals surface area contributed by atoms with Gasteiger partial charge in [0.2, 0.25) is 0 Å². The fraction of sp³-hybridized carbons (Fsp3) is 0.750. The monoisotopic (exact) mass is 373 g/mol. The van der Waals surface area contributed by atoms with Crippen molar-refractivity contribution < 1.29 is 0 Å². The van der Waals surface area contributed by atoms with Crippen LogP contribution < -0.4 is 5.73 Å². The number of hydrogen-bond donors (Lipinski definition) is 1. The molecule has 0 aromatic carbocycles. The Morgan fingerprint density at radius 3 is 2.81 bits per heavy atom. The topological polar surface area (TPSA) is 32.5 Å². The van der Waals surface area contributed by atoms with Gasteiger partial charge in [-0.3, -0.25) is 9.80 Å². The molecule has 2 N–H and O–H groups in total. The Morgan fingerprint density at radius 1 is 1.48 bits per heavy atom. The van der Waals surface area contributed by atoms with Gasteiger partial charge in [0.05, 0.1) is 9.83 Å². The normalized spacial score (nSPS) is 22.9. The maximum absolute atomic E-state index is 6.44. The second-order valence-electron chi connectivity index (χ2n) is 6.02. The Kier molecular flexibility index (Phi) is 6.69. The molecule has 5 heteroatoms. The first-order chi connectivity index (χ1) is 10.1. The summed E-state index contributed by atoms with van der Waals surface area (Å²) in [5.41, 5.74) is 6.44. The lowest BCUT2D eigenvalue weighted by Gasteiger charge is -2.35. The third kappa shape index (κ3) is 4.29. The quantitative estimate of drug-likeness (QED) is 0.790. The van der Waals surface area contributed by atoms with Crippen molar-refractivity contribution in [3.8, 4) is 0 Å². The van der Waals surface area contributed by atoms with Crippen molar-refractivity contribution in [2.75, 3.05) is 26.7 Å². The first kappa shape index (κ1) is 17.4. The van der Waals surface area contributed by atoms with Gasteiger partial charge in [0.25, 0.3) is 0 Å². The molecule has 0 spiro atoms. The molecule has 1 aromatic rings. The molecule has 2 rings (SSSR count). The van der Waals surface area contributed by atoms with Crippen molar-refractivity contribution in [2.45, 2.75) is 51.2 Å². The van der Waals surface area contributed by atoms with Crippen LogP contribution in [0.2, 0.25) is 0 Å². The molecule has 0 amide bonds. The van der Waals surface area contributed by atoms with E-state index in [1.165, 1.54) is 28.0 Å². The third-order valence-electron chi connectivity index (χ3n) is 4.64. The summed E-state index contributed by atoms with van der Waals surface area (Å²) in [6.45, 7) is 7.98. The van der Waals surface area contributed by atoms with Gasteiger partial charge in [0.1, 0.15) is 0 Å². The van der Waals surface area contributed by atoms with Crippen LogP contribution in [0.15, 0.2) is 15.9 Å². The van der Waals surface area contributed by atoms with E-state index in [1.807, 2.05) is 11.3 Å². The summed E-state index contributed by atoms with van der Waals surface area (Å²) in [4.78, 5) is 6.46. The van der Waals surface area contributed by atoms with Crippen LogP contribution in [-0.2, 0) is 0 Å². The van der Waals surface area contributed by atoms with Gasteiger partial charge in [-0.15, -0.1) is 11.3 Å². The Bertz CT molecular complexity index is 437. The van der Waals surface area contributed by atoms with E-state index in [0.29, 0.717) is 12.1 Å². The molecular weight excluding hydrogens is 346 g/mol. The number of hydrogen-bond acceptors (Lipinski definition) is 4. The zero-order chi connectivity index (χ0) is 15.4. The molecule has 0 saturated carbocycles. The van der Waals surface area contributed by atoms with Gasteiger partial charge in [0.15, 0.2) is 0 Å². The maximum atomic E-state index is 6.44. The standard InChI is InChI=1S/C16H28BrN3S/c1-4-13(18)16(14-8-9-15(17)21-14)19(3)11-12-7-6-10-20(12)5-2/h8-9,12-13,16H,4-7,10-11,18H2,1-3H3. The van der Waals surface area contributed by atoms with Crippen molar-refractivity contribution in [1.29, 1.82) is 0 Å². The lowest BCUT2D eigenvalue weighted by Crippen LogP contribution is -2.44. The smallest absolute Gasteiger partial charge is 0.0702 e. The first-order valence-corrected chi connectivity index (χ1v) is 9.62. The van der Waals surface area contributed by atoms with Crippen LogP contribution in [-0.4, -0.2) is 48.6 Å².